The second-order valence-corrected chi connectivity index (χ2v) is 5.93. The number of benzene rings is 1. The highest BCUT2D eigenvalue weighted by atomic mass is 32.2. The fourth-order valence-corrected chi connectivity index (χ4v) is 2.97. The Morgan fingerprint density at radius 2 is 1.76 bits per heavy atom. The molecule has 17 heavy (non-hydrogen) atoms. The van der Waals surface area contributed by atoms with Gasteiger partial charge in [-0.25, -0.2) is 0 Å². The van der Waals surface area contributed by atoms with Gasteiger partial charge in [-0.05, 0) is 38.1 Å². The lowest BCUT2D eigenvalue weighted by molar-refractivity contribution is 0.572. The van der Waals surface area contributed by atoms with Gasteiger partial charge < -0.3 is 5.32 Å². The molecule has 0 aliphatic rings. The summed E-state index contributed by atoms with van der Waals surface area (Å²) in [4.78, 5) is 0. The minimum absolute atomic E-state index is 0.603. The van der Waals surface area contributed by atoms with E-state index in [9.17, 15) is 0 Å². The molecule has 0 fully saturated rings. The monoisotopic (exact) mass is 251 g/mol. The summed E-state index contributed by atoms with van der Waals surface area (Å²) in [5.41, 5.74) is 4.21. The summed E-state index contributed by atoms with van der Waals surface area (Å²) in [6.07, 6.45) is 1.14. The van der Waals surface area contributed by atoms with E-state index in [-0.39, 0.29) is 0 Å². The van der Waals surface area contributed by atoms with Crippen LogP contribution < -0.4 is 5.32 Å². The lowest BCUT2D eigenvalue weighted by Gasteiger charge is -2.18. The Hall–Kier alpha value is -0.470. The van der Waals surface area contributed by atoms with E-state index in [1.165, 1.54) is 28.2 Å². The van der Waals surface area contributed by atoms with Gasteiger partial charge in [-0.15, -0.1) is 0 Å². The Morgan fingerprint density at radius 3 is 2.29 bits per heavy atom. The zero-order valence-corrected chi connectivity index (χ0v) is 12.4. The van der Waals surface area contributed by atoms with Gasteiger partial charge in [0.2, 0.25) is 0 Å². The van der Waals surface area contributed by atoms with Gasteiger partial charge in [-0.2, -0.15) is 11.8 Å². The lowest BCUT2D eigenvalue weighted by Crippen LogP contribution is -2.33. The second-order valence-electron chi connectivity index (χ2n) is 4.61. The third-order valence-corrected chi connectivity index (χ3v) is 3.83. The lowest BCUT2D eigenvalue weighted by atomic mass is 10.0. The van der Waals surface area contributed by atoms with E-state index in [4.69, 9.17) is 0 Å². The third-order valence-electron chi connectivity index (χ3n) is 2.78. The van der Waals surface area contributed by atoms with Gasteiger partial charge in [0.1, 0.15) is 0 Å². The van der Waals surface area contributed by atoms with Crippen LogP contribution in [0.25, 0.3) is 0 Å². The molecule has 1 nitrogen and oxygen atoms in total. The van der Waals surface area contributed by atoms with Crippen molar-refractivity contribution in [2.24, 2.45) is 0 Å². The zero-order chi connectivity index (χ0) is 12.7. The van der Waals surface area contributed by atoms with Crippen LogP contribution >= 0.6 is 11.8 Å². The van der Waals surface area contributed by atoms with E-state index in [0.29, 0.717) is 6.04 Å². The van der Waals surface area contributed by atoms with Crippen molar-refractivity contribution in [1.82, 2.24) is 5.32 Å². The molecule has 1 aromatic carbocycles. The van der Waals surface area contributed by atoms with Gasteiger partial charge in [-0.3, -0.25) is 0 Å². The average molecular weight is 251 g/mol. The Labute approximate surface area is 110 Å². The molecule has 1 rings (SSSR count). The molecule has 0 aliphatic carbocycles. The van der Waals surface area contributed by atoms with Crippen LogP contribution in [0.5, 0.6) is 0 Å². The van der Waals surface area contributed by atoms with Gasteiger partial charge >= 0.3 is 0 Å². The Kier molecular flexibility index (Phi) is 6.68. The zero-order valence-electron chi connectivity index (χ0n) is 11.5. The molecular weight excluding hydrogens is 226 g/mol. The predicted molar refractivity (Wildman–Crippen MR) is 80.1 cm³/mol. The molecule has 1 unspecified atom stereocenters. The van der Waals surface area contributed by atoms with Gasteiger partial charge in [0.05, 0.1) is 0 Å². The maximum Gasteiger partial charge on any atom is 0.0198 e. The summed E-state index contributed by atoms with van der Waals surface area (Å²) in [5, 5.41) is 3.58. The molecule has 0 aliphatic heterocycles. The van der Waals surface area contributed by atoms with Crippen molar-refractivity contribution in [2.75, 3.05) is 18.1 Å². The van der Waals surface area contributed by atoms with Gasteiger partial charge in [0.15, 0.2) is 0 Å². The molecule has 0 spiro atoms. The number of hydrogen-bond donors (Lipinski definition) is 1. The Bertz CT molecular complexity index is 315. The highest BCUT2D eigenvalue weighted by Crippen LogP contribution is 2.13. The topological polar surface area (TPSA) is 12.0 Å². The van der Waals surface area contributed by atoms with E-state index >= 15 is 0 Å². The number of rotatable bonds is 7. The molecule has 0 amide bonds. The van der Waals surface area contributed by atoms with Crippen LogP contribution in [0, 0.1) is 13.8 Å². The van der Waals surface area contributed by atoms with Crippen molar-refractivity contribution in [3.63, 3.8) is 0 Å². The quantitative estimate of drug-likeness (QED) is 0.795. The molecule has 1 aromatic rings. The molecule has 0 saturated carbocycles. The molecule has 0 heterocycles. The molecule has 1 N–H and O–H groups in total. The van der Waals surface area contributed by atoms with Crippen molar-refractivity contribution in [3.8, 4) is 0 Å². The first-order chi connectivity index (χ1) is 8.15. The summed E-state index contributed by atoms with van der Waals surface area (Å²) in [6.45, 7) is 9.83. The summed E-state index contributed by atoms with van der Waals surface area (Å²) < 4.78 is 0. The summed E-state index contributed by atoms with van der Waals surface area (Å²) in [5.74, 6) is 2.41. The molecule has 96 valence electrons. The first-order valence-electron chi connectivity index (χ1n) is 6.54. The number of aryl methyl sites for hydroxylation is 2. The predicted octanol–water partition coefficient (Wildman–Crippen LogP) is 3.58. The van der Waals surface area contributed by atoms with Crippen LogP contribution in [0.2, 0.25) is 0 Å². The number of hydrogen-bond acceptors (Lipinski definition) is 2. The fraction of sp³-hybridized carbons (Fsp3) is 0.600. The number of thioether (sulfide) groups is 1. The summed E-state index contributed by atoms with van der Waals surface area (Å²) in [7, 11) is 0. The maximum absolute atomic E-state index is 3.58. The van der Waals surface area contributed by atoms with Crippen LogP contribution in [0.15, 0.2) is 18.2 Å². The Morgan fingerprint density at radius 1 is 1.12 bits per heavy atom. The van der Waals surface area contributed by atoms with Crippen LogP contribution in [0.1, 0.15) is 30.5 Å². The van der Waals surface area contributed by atoms with Gasteiger partial charge in [-0.1, -0.05) is 43.2 Å². The molecule has 0 bridgehead atoms. The fourth-order valence-electron chi connectivity index (χ4n) is 2.21. The third kappa shape index (κ3) is 5.60. The summed E-state index contributed by atoms with van der Waals surface area (Å²) >= 11 is 2.02. The highest BCUT2D eigenvalue weighted by Gasteiger charge is 2.08. The van der Waals surface area contributed by atoms with E-state index in [0.717, 1.165) is 13.0 Å². The van der Waals surface area contributed by atoms with Crippen LogP contribution in [0.4, 0.5) is 0 Å². The summed E-state index contributed by atoms with van der Waals surface area (Å²) in [6, 6.07) is 7.47. The first kappa shape index (κ1) is 14.6. The number of likely N-dealkylation sites (N-methyl/N-ethyl adjacent to an activating group) is 1. The van der Waals surface area contributed by atoms with Crippen LogP contribution in [-0.4, -0.2) is 24.1 Å². The minimum Gasteiger partial charge on any atom is -0.313 e. The van der Waals surface area contributed by atoms with Crippen molar-refractivity contribution in [1.29, 1.82) is 0 Å². The van der Waals surface area contributed by atoms with Crippen LogP contribution in [-0.2, 0) is 6.42 Å². The SMILES string of the molecule is CCNC(CSCC)Cc1cc(C)cc(C)c1. The van der Waals surface area contributed by atoms with Crippen molar-refractivity contribution in [2.45, 2.75) is 40.2 Å². The smallest absolute Gasteiger partial charge is 0.0198 e. The molecule has 2 heteroatoms. The van der Waals surface area contributed by atoms with Crippen molar-refractivity contribution >= 4 is 11.8 Å². The molecule has 0 aromatic heterocycles. The van der Waals surface area contributed by atoms with Crippen molar-refractivity contribution < 1.29 is 0 Å². The van der Waals surface area contributed by atoms with Gasteiger partial charge in [0, 0.05) is 11.8 Å². The molecule has 0 radical (unpaired) electrons. The number of nitrogens with one attached hydrogen (secondary N) is 1. The molecule has 1 atom stereocenters. The maximum atomic E-state index is 3.58. The normalized spacial score (nSPS) is 12.7. The van der Waals surface area contributed by atoms with Crippen LogP contribution in [0.3, 0.4) is 0 Å². The second kappa shape index (κ2) is 7.78. The van der Waals surface area contributed by atoms with E-state index in [1.807, 2.05) is 11.8 Å². The largest absolute Gasteiger partial charge is 0.313 e. The van der Waals surface area contributed by atoms with E-state index in [1.54, 1.807) is 0 Å². The minimum atomic E-state index is 0.603. The molecular formula is C15H25NS. The average Bonchev–Trinajstić information content (AvgIpc) is 2.24. The van der Waals surface area contributed by atoms with Gasteiger partial charge in [0.25, 0.3) is 0 Å². The first-order valence-corrected chi connectivity index (χ1v) is 7.69. The van der Waals surface area contributed by atoms with Crippen molar-refractivity contribution in [3.05, 3.63) is 34.9 Å². The highest BCUT2D eigenvalue weighted by molar-refractivity contribution is 7.99. The van der Waals surface area contributed by atoms with E-state index in [2.05, 4.69) is 51.2 Å². The Balaban J connectivity index is 2.63. The standard InChI is InChI=1S/C15H25NS/c1-5-16-15(11-17-6-2)10-14-8-12(3)7-13(4)9-14/h7-9,15-16H,5-6,10-11H2,1-4H3. The van der Waals surface area contributed by atoms with E-state index < -0.39 is 0 Å². The molecule has 0 saturated heterocycles.